The van der Waals surface area contributed by atoms with E-state index < -0.39 is 0 Å². The number of hydrogen-bond donors (Lipinski definition) is 0. The van der Waals surface area contributed by atoms with Gasteiger partial charge in [-0.1, -0.05) is 39.5 Å². The van der Waals surface area contributed by atoms with Crippen LogP contribution in [0.2, 0.25) is 0 Å². The van der Waals surface area contributed by atoms with Crippen molar-refractivity contribution in [2.24, 2.45) is 0 Å². The van der Waals surface area contributed by atoms with Gasteiger partial charge in [0, 0.05) is 17.6 Å². The standard InChI is InChI=1S/2C4H9O.Ge/c2*1-2-3-4-5;/h2*2-4H2,1H3;/q2*-1;. The van der Waals surface area contributed by atoms with Gasteiger partial charge in [0.25, 0.3) is 0 Å². The maximum absolute atomic E-state index is 9.53. The van der Waals surface area contributed by atoms with E-state index in [1.165, 1.54) is 0 Å². The van der Waals surface area contributed by atoms with Gasteiger partial charge in [0.15, 0.2) is 0 Å². The van der Waals surface area contributed by atoms with Crippen LogP contribution in [0.25, 0.3) is 0 Å². The van der Waals surface area contributed by atoms with Crippen LogP contribution < -0.4 is 10.2 Å². The topological polar surface area (TPSA) is 46.1 Å². The second kappa shape index (κ2) is 22.4. The van der Waals surface area contributed by atoms with Gasteiger partial charge in [0.05, 0.1) is 0 Å². The molecule has 0 spiro atoms. The molecule has 0 heterocycles. The fraction of sp³-hybridized carbons (Fsp3) is 1.00. The van der Waals surface area contributed by atoms with E-state index in [2.05, 4.69) is 0 Å². The van der Waals surface area contributed by atoms with E-state index in [0.717, 1.165) is 25.7 Å². The molecule has 0 rings (SSSR count). The molecule has 3 heteroatoms. The quantitative estimate of drug-likeness (QED) is 0.620. The Balaban J connectivity index is -0.000000107. The van der Waals surface area contributed by atoms with E-state index >= 15 is 0 Å². The average molecular weight is 219 g/mol. The molecule has 0 bridgehead atoms. The van der Waals surface area contributed by atoms with Crippen molar-refractivity contribution in [3.05, 3.63) is 0 Å². The van der Waals surface area contributed by atoms with Crippen LogP contribution in [-0.4, -0.2) is 30.8 Å². The summed E-state index contributed by atoms with van der Waals surface area (Å²) in [6.45, 7) is 4.21. The summed E-state index contributed by atoms with van der Waals surface area (Å²) in [5.74, 6) is 0. The molecule has 0 aliphatic carbocycles. The molecule has 0 amide bonds. The van der Waals surface area contributed by atoms with Crippen molar-refractivity contribution < 1.29 is 10.2 Å². The first-order valence-corrected chi connectivity index (χ1v) is 3.99. The Morgan fingerprint density at radius 2 is 1.09 bits per heavy atom. The van der Waals surface area contributed by atoms with Gasteiger partial charge in [-0.15, -0.1) is 13.2 Å². The van der Waals surface area contributed by atoms with Crippen molar-refractivity contribution in [1.29, 1.82) is 0 Å². The molecule has 0 unspecified atom stereocenters. The summed E-state index contributed by atoms with van der Waals surface area (Å²) in [5, 5.41) is 19.1. The third-order valence-electron chi connectivity index (χ3n) is 0.996. The zero-order valence-corrected chi connectivity index (χ0v) is 9.66. The summed E-state index contributed by atoms with van der Waals surface area (Å²) >= 11 is 0. The monoisotopic (exact) mass is 220 g/mol. The first-order chi connectivity index (χ1) is 4.83. The van der Waals surface area contributed by atoms with Gasteiger partial charge in [0.2, 0.25) is 0 Å². The van der Waals surface area contributed by atoms with Gasteiger partial charge in [-0.2, -0.15) is 0 Å². The van der Waals surface area contributed by atoms with Gasteiger partial charge in [-0.3, -0.25) is 0 Å². The van der Waals surface area contributed by atoms with E-state index in [1.54, 1.807) is 0 Å². The Hall–Kier alpha value is 0.463. The molecule has 68 valence electrons. The van der Waals surface area contributed by atoms with Crippen molar-refractivity contribution in [2.45, 2.75) is 39.5 Å². The van der Waals surface area contributed by atoms with E-state index in [1.807, 2.05) is 13.8 Å². The van der Waals surface area contributed by atoms with Crippen molar-refractivity contribution >= 4 is 17.6 Å². The smallest absolute Gasteiger partial charge is 0 e. The Morgan fingerprint density at radius 3 is 1.09 bits per heavy atom. The maximum atomic E-state index is 9.53. The van der Waals surface area contributed by atoms with Crippen molar-refractivity contribution in [2.75, 3.05) is 13.2 Å². The average Bonchev–Trinajstić information content (AvgIpc) is 1.93. The minimum Gasteiger partial charge on any atom is -0.854 e. The van der Waals surface area contributed by atoms with E-state index in [4.69, 9.17) is 0 Å². The third kappa shape index (κ3) is 37.6. The zero-order chi connectivity index (χ0) is 8.24. The largest absolute Gasteiger partial charge is 0.854 e. The van der Waals surface area contributed by atoms with Crippen molar-refractivity contribution in [3.8, 4) is 0 Å². The predicted octanol–water partition coefficient (Wildman–Crippen LogP) is -0.0872. The molecule has 0 aromatic carbocycles. The molecular weight excluding hydrogens is 201 g/mol. The molecule has 0 N–H and O–H groups in total. The molecule has 0 saturated carbocycles. The Kier molecular flexibility index (Phi) is 35.7. The SMILES string of the molecule is CCCC[O-].CCCC[O-].[Ge]. The molecule has 11 heavy (non-hydrogen) atoms. The molecule has 2 nitrogen and oxygen atoms in total. The summed E-state index contributed by atoms with van der Waals surface area (Å²) in [6, 6.07) is 0. The maximum Gasteiger partial charge on any atom is 0 e. The van der Waals surface area contributed by atoms with Gasteiger partial charge < -0.3 is 10.2 Å². The molecule has 0 atom stereocenters. The van der Waals surface area contributed by atoms with Crippen LogP contribution >= 0.6 is 0 Å². The van der Waals surface area contributed by atoms with Crippen LogP contribution in [0, 0.1) is 0 Å². The fourth-order valence-corrected chi connectivity index (χ4v) is 0.289. The first-order valence-electron chi connectivity index (χ1n) is 3.99. The molecule has 0 aromatic heterocycles. The minimum atomic E-state index is 0. The number of rotatable bonds is 4. The molecule has 4 radical (unpaired) electrons. The molecule has 0 fully saturated rings. The minimum absolute atomic E-state index is 0. The third-order valence-corrected chi connectivity index (χ3v) is 0.996. The van der Waals surface area contributed by atoms with Crippen LogP contribution in [0.15, 0.2) is 0 Å². The molecule has 0 aromatic rings. The van der Waals surface area contributed by atoms with Crippen LogP contribution in [0.1, 0.15) is 39.5 Å². The van der Waals surface area contributed by atoms with Gasteiger partial charge >= 0.3 is 0 Å². The van der Waals surface area contributed by atoms with E-state index in [0.29, 0.717) is 0 Å². The Bertz CT molecular complexity index is 33.1. The van der Waals surface area contributed by atoms with Gasteiger partial charge in [-0.25, -0.2) is 0 Å². The second-order valence-electron chi connectivity index (χ2n) is 2.12. The fourth-order valence-electron chi connectivity index (χ4n) is 0.289. The van der Waals surface area contributed by atoms with E-state index in [-0.39, 0.29) is 30.8 Å². The second-order valence-corrected chi connectivity index (χ2v) is 2.12. The first kappa shape index (κ1) is 17.5. The summed E-state index contributed by atoms with van der Waals surface area (Å²) in [6.07, 6.45) is 3.73. The van der Waals surface area contributed by atoms with Crippen molar-refractivity contribution in [1.82, 2.24) is 0 Å². The number of hydrogen-bond acceptors (Lipinski definition) is 2. The van der Waals surface area contributed by atoms with Gasteiger partial charge in [-0.05, 0) is 0 Å². The summed E-state index contributed by atoms with van der Waals surface area (Å²) < 4.78 is 0. The Labute approximate surface area is 81.0 Å². The van der Waals surface area contributed by atoms with Crippen LogP contribution in [0.3, 0.4) is 0 Å². The summed E-state index contributed by atoms with van der Waals surface area (Å²) in [4.78, 5) is 0. The Morgan fingerprint density at radius 1 is 0.818 bits per heavy atom. The summed E-state index contributed by atoms with van der Waals surface area (Å²) in [5.41, 5.74) is 0. The summed E-state index contributed by atoms with van der Waals surface area (Å²) in [7, 11) is 0. The molecule has 0 aliphatic rings. The molecule has 0 saturated heterocycles. The normalized spacial score (nSPS) is 7.64. The zero-order valence-electron chi connectivity index (χ0n) is 7.56. The van der Waals surface area contributed by atoms with E-state index in [9.17, 15) is 10.2 Å². The molecule has 0 aliphatic heterocycles. The van der Waals surface area contributed by atoms with Crippen LogP contribution in [-0.2, 0) is 0 Å². The molecular formula is C8H18GeO2-2. The van der Waals surface area contributed by atoms with Crippen LogP contribution in [0.4, 0.5) is 0 Å². The van der Waals surface area contributed by atoms with Crippen molar-refractivity contribution in [3.63, 3.8) is 0 Å². The predicted molar refractivity (Wildman–Crippen MR) is 45.3 cm³/mol. The van der Waals surface area contributed by atoms with Crippen LogP contribution in [0.5, 0.6) is 0 Å². The number of unbranched alkanes of at least 4 members (excludes halogenated alkanes) is 2. The van der Waals surface area contributed by atoms with Gasteiger partial charge in [0.1, 0.15) is 0 Å².